The Morgan fingerprint density at radius 3 is 2.84 bits per heavy atom. The van der Waals surface area contributed by atoms with Gasteiger partial charge in [-0.25, -0.2) is 4.98 Å². The summed E-state index contributed by atoms with van der Waals surface area (Å²) >= 11 is 0. The van der Waals surface area contributed by atoms with Crippen molar-refractivity contribution < 1.29 is 4.74 Å². The number of imidazole rings is 1. The summed E-state index contributed by atoms with van der Waals surface area (Å²) in [6, 6.07) is 0.460. The molecular weight excluding hydrogens is 238 g/mol. The second-order valence-electron chi connectivity index (χ2n) is 5.92. The largest absolute Gasteiger partial charge is 0.490 e. The highest BCUT2D eigenvalue weighted by Crippen LogP contribution is 2.43. The Morgan fingerprint density at radius 2 is 2.05 bits per heavy atom. The Balaban J connectivity index is 2.15. The Kier molecular flexibility index (Phi) is 2.02. The van der Waals surface area contributed by atoms with Crippen LogP contribution in [0.4, 0.5) is 5.95 Å². The molecule has 0 spiro atoms. The molecule has 0 bridgehead atoms. The van der Waals surface area contributed by atoms with Gasteiger partial charge in [-0.1, -0.05) is 0 Å². The SMILES string of the molecule is Cc1c2c(c3c(nc4n3C(C)CN4)c1C)CC(C)O2. The first kappa shape index (κ1) is 11.1. The quantitative estimate of drug-likeness (QED) is 0.788. The summed E-state index contributed by atoms with van der Waals surface area (Å²) in [5.74, 6) is 2.11. The maximum atomic E-state index is 6.03. The third-order valence-corrected chi connectivity index (χ3v) is 4.54. The van der Waals surface area contributed by atoms with Gasteiger partial charge >= 0.3 is 0 Å². The zero-order valence-corrected chi connectivity index (χ0v) is 11.9. The van der Waals surface area contributed by atoms with Crippen molar-refractivity contribution in [2.75, 3.05) is 11.9 Å². The van der Waals surface area contributed by atoms with Gasteiger partial charge < -0.3 is 14.6 Å². The molecule has 4 nitrogen and oxygen atoms in total. The number of anilines is 1. The van der Waals surface area contributed by atoms with Crippen LogP contribution >= 0.6 is 0 Å². The molecule has 1 aromatic carbocycles. The first-order valence-corrected chi connectivity index (χ1v) is 7.02. The van der Waals surface area contributed by atoms with Gasteiger partial charge in [-0.2, -0.15) is 0 Å². The van der Waals surface area contributed by atoms with Crippen molar-refractivity contribution in [3.05, 3.63) is 16.7 Å². The predicted octanol–water partition coefficient (Wildman–Crippen LogP) is 2.96. The number of hydrogen-bond donors (Lipinski definition) is 1. The Labute approximate surface area is 112 Å². The summed E-state index contributed by atoms with van der Waals surface area (Å²) in [5, 5.41) is 3.40. The van der Waals surface area contributed by atoms with Crippen LogP contribution in [0.3, 0.4) is 0 Å². The van der Waals surface area contributed by atoms with Crippen molar-refractivity contribution in [1.82, 2.24) is 9.55 Å². The van der Waals surface area contributed by atoms with E-state index in [1.165, 1.54) is 22.2 Å². The molecule has 0 saturated carbocycles. The van der Waals surface area contributed by atoms with E-state index in [0.29, 0.717) is 6.04 Å². The van der Waals surface area contributed by atoms with Crippen LogP contribution in [0.25, 0.3) is 11.0 Å². The molecule has 4 heteroatoms. The van der Waals surface area contributed by atoms with Crippen LogP contribution in [0, 0.1) is 13.8 Å². The lowest BCUT2D eigenvalue weighted by molar-refractivity contribution is 0.253. The molecule has 0 fully saturated rings. The molecule has 0 radical (unpaired) electrons. The van der Waals surface area contributed by atoms with Crippen LogP contribution < -0.4 is 10.1 Å². The summed E-state index contributed by atoms with van der Waals surface area (Å²) < 4.78 is 8.38. The first-order chi connectivity index (χ1) is 9.08. The fourth-order valence-corrected chi connectivity index (χ4v) is 3.43. The third-order valence-electron chi connectivity index (χ3n) is 4.54. The fourth-order valence-electron chi connectivity index (χ4n) is 3.43. The lowest BCUT2D eigenvalue weighted by atomic mass is 10.00. The van der Waals surface area contributed by atoms with E-state index in [1.807, 2.05) is 0 Å². The molecule has 3 heterocycles. The molecule has 2 unspecified atom stereocenters. The van der Waals surface area contributed by atoms with Gasteiger partial charge in [0.25, 0.3) is 0 Å². The minimum Gasteiger partial charge on any atom is -0.490 e. The first-order valence-electron chi connectivity index (χ1n) is 7.02. The molecule has 1 aromatic heterocycles. The minimum atomic E-state index is 0.273. The van der Waals surface area contributed by atoms with Gasteiger partial charge in [0.05, 0.1) is 17.1 Å². The summed E-state index contributed by atoms with van der Waals surface area (Å²) in [5.41, 5.74) is 6.27. The van der Waals surface area contributed by atoms with Gasteiger partial charge in [0.1, 0.15) is 11.9 Å². The van der Waals surface area contributed by atoms with Crippen molar-refractivity contribution in [2.45, 2.75) is 46.3 Å². The van der Waals surface area contributed by atoms with E-state index in [1.54, 1.807) is 0 Å². The van der Waals surface area contributed by atoms with Crippen molar-refractivity contribution in [3.8, 4) is 5.75 Å². The smallest absolute Gasteiger partial charge is 0.204 e. The molecule has 1 N–H and O–H groups in total. The molecule has 0 amide bonds. The number of fused-ring (bicyclic) bond motifs is 5. The number of benzene rings is 1. The maximum absolute atomic E-state index is 6.03. The Hall–Kier alpha value is -1.71. The van der Waals surface area contributed by atoms with Gasteiger partial charge in [-0.3, -0.25) is 0 Å². The molecule has 4 rings (SSSR count). The highest BCUT2D eigenvalue weighted by molar-refractivity contribution is 5.90. The van der Waals surface area contributed by atoms with Gasteiger partial charge in [0, 0.05) is 18.5 Å². The number of aromatic nitrogens is 2. The standard InChI is InChI=1S/C15H19N3O/c1-7-6-16-15-17-12-9(3)10(4)14-11(5-8(2)19-14)13(12)18(7)15/h7-8H,5-6H2,1-4H3,(H,16,17). The number of rotatable bonds is 0. The van der Waals surface area contributed by atoms with E-state index in [2.05, 4.69) is 37.6 Å². The highest BCUT2D eigenvalue weighted by atomic mass is 16.5. The molecule has 2 aliphatic rings. The Morgan fingerprint density at radius 1 is 1.26 bits per heavy atom. The van der Waals surface area contributed by atoms with Crippen molar-refractivity contribution in [1.29, 1.82) is 0 Å². The minimum absolute atomic E-state index is 0.273. The van der Waals surface area contributed by atoms with Gasteiger partial charge in [-0.05, 0) is 38.8 Å². The van der Waals surface area contributed by atoms with Crippen LogP contribution in [0.1, 0.15) is 36.6 Å². The lowest BCUT2D eigenvalue weighted by Gasteiger charge is -2.12. The molecule has 2 aliphatic heterocycles. The second kappa shape index (κ2) is 3.44. The maximum Gasteiger partial charge on any atom is 0.204 e. The van der Waals surface area contributed by atoms with Gasteiger partial charge in [0.15, 0.2) is 0 Å². The molecule has 0 aliphatic carbocycles. The molecule has 0 saturated heterocycles. The zero-order chi connectivity index (χ0) is 13.3. The molecule has 100 valence electrons. The summed E-state index contributed by atoms with van der Waals surface area (Å²) in [6.45, 7) is 9.65. The van der Waals surface area contributed by atoms with Crippen LogP contribution in [-0.2, 0) is 6.42 Å². The fraction of sp³-hybridized carbons (Fsp3) is 0.533. The van der Waals surface area contributed by atoms with Crippen molar-refractivity contribution in [3.63, 3.8) is 0 Å². The zero-order valence-electron chi connectivity index (χ0n) is 11.9. The lowest BCUT2D eigenvalue weighted by Crippen LogP contribution is -2.06. The average Bonchev–Trinajstić information content (AvgIpc) is 3.01. The average molecular weight is 257 g/mol. The van der Waals surface area contributed by atoms with Crippen molar-refractivity contribution >= 4 is 17.0 Å². The van der Waals surface area contributed by atoms with Gasteiger partial charge in [0.2, 0.25) is 5.95 Å². The molecular formula is C15H19N3O. The van der Waals surface area contributed by atoms with E-state index in [9.17, 15) is 0 Å². The summed E-state index contributed by atoms with van der Waals surface area (Å²) in [6.07, 6.45) is 1.26. The van der Waals surface area contributed by atoms with Crippen LogP contribution in [0.2, 0.25) is 0 Å². The number of nitrogens with zero attached hydrogens (tertiary/aromatic N) is 2. The molecule has 2 atom stereocenters. The summed E-state index contributed by atoms with van der Waals surface area (Å²) in [4.78, 5) is 4.80. The normalized spacial score (nSPS) is 24.2. The number of aryl methyl sites for hydroxylation is 1. The van der Waals surface area contributed by atoms with E-state index in [-0.39, 0.29) is 6.10 Å². The van der Waals surface area contributed by atoms with E-state index >= 15 is 0 Å². The summed E-state index contributed by atoms with van der Waals surface area (Å²) in [7, 11) is 0. The van der Waals surface area contributed by atoms with Crippen LogP contribution in [-0.4, -0.2) is 22.2 Å². The van der Waals surface area contributed by atoms with E-state index in [4.69, 9.17) is 9.72 Å². The highest BCUT2D eigenvalue weighted by Gasteiger charge is 2.31. The Bertz CT molecular complexity index is 701. The monoisotopic (exact) mass is 257 g/mol. The van der Waals surface area contributed by atoms with Crippen LogP contribution in [0.15, 0.2) is 0 Å². The third kappa shape index (κ3) is 1.26. The van der Waals surface area contributed by atoms with Gasteiger partial charge in [-0.15, -0.1) is 0 Å². The van der Waals surface area contributed by atoms with E-state index in [0.717, 1.165) is 30.2 Å². The molecule has 19 heavy (non-hydrogen) atoms. The predicted molar refractivity (Wildman–Crippen MR) is 76.2 cm³/mol. The number of ether oxygens (including phenoxy) is 1. The molecule has 2 aromatic rings. The van der Waals surface area contributed by atoms with Crippen molar-refractivity contribution in [2.24, 2.45) is 0 Å². The van der Waals surface area contributed by atoms with Crippen LogP contribution in [0.5, 0.6) is 5.75 Å². The number of nitrogens with one attached hydrogen (secondary N) is 1. The van der Waals surface area contributed by atoms with E-state index < -0.39 is 0 Å². The topological polar surface area (TPSA) is 39.1 Å². The second-order valence-corrected chi connectivity index (χ2v) is 5.92. The number of hydrogen-bond acceptors (Lipinski definition) is 3.